The van der Waals surface area contributed by atoms with Crippen LogP contribution in [0.2, 0.25) is 0 Å². The van der Waals surface area contributed by atoms with Crippen molar-refractivity contribution in [1.29, 1.82) is 0 Å². The molecule has 0 heterocycles. The number of carbonyl (C=O) groups excluding carboxylic acids is 1. The Bertz CT molecular complexity index is 405. The molecule has 0 unspecified atom stereocenters. The molecule has 0 spiro atoms. The fourth-order valence-electron chi connectivity index (χ4n) is 1.60. The third-order valence-corrected chi connectivity index (χ3v) is 3.65. The van der Waals surface area contributed by atoms with E-state index in [-0.39, 0.29) is 5.91 Å². The molecule has 0 saturated heterocycles. The molecule has 3 nitrogen and oxygen atoms in total. The predicted molar refractivity (Wildman–Crippen MR) is 79.9 cm³/mol. The van der Waals surface area contributed by atoms with Gasteiger partial charge in [0.05, 0.1) is 5.69 Å². The highest BCUT2D eigenvalue weighted by molar-refractivity contribution is 9.10. The lowest BCUT2D eigenvalue weighted by atomic mass is 10.2. The van der Waals surface area contributed by atoms with Gasteiger partial charge in [-0.25, -0.2) is 0 Å². The summed E-state index contributed by atoms with van der Waals surface area (Å²) >= 11 is 3.48. The molecule has 0 fully saturated rings. The van der Waals surface area contributed by atoms with E-state index in [1.807, 2.05) is 25.1 Å². The van der Waals surface area contributed by atoms with Crippen LogP contribution in [0.5, 0.6) is 0 Å². The standard InChI is InChI=1S/C14H21BrN2O/c1-10(2)16-9-5-8-13(18)17-12-7-4-6-11(3)14(12)15/h4,6-7,10,16H,5,8-9H2,1-3H3,(H,17,18). The van der Waals surface area contributed by atoms with Gasteiger partial charge in [-0.05, 0) is 47.4 Å². The number of hydrogen-bond acceptors (Lipinski definition) is 2. The number of nitrogens with one attached hydrogen (secondary N) is 2. The van der Waals surface area contributed by atoms with Gasteiger partial charge in [-0.15, -0.1) is 0 Å². The lowest BCUT2D eigenvalue weighted by molar-refractivity contribution is -0.116. The van der Waals surface area contributed by atoms with Crippen LogP contribution in [-0.4, -0.2) is 18.5 Å². The van der Waals surface area contributed by atoms with Crippen molar-refractivity contribution in [3.8, 4) is 0 Å². The van der Waals surface area contributed by atoms with Crippen LogP contribution in [0, 0.1) is 6.92 Å². The Hall–Kier alpha value is -0.870. The molecule has 0 bridgehead atoms. The number of carbonyl (C=O) groups is 1. The van der Waals surface area contributed by atoms with E-state index in [4.69, 9.17) is 0 Å². The van der Waals surface area contributed by atoms with Crippen LogP contribution >= 0.6 is 15.9 Å². The molecule has 2 N–H and O–H groups in total. The summed E-state index contributed by atoms with van der Waals surface area (Å²) in [4.78, 5) is 11.8. The molecule has 0 radical (unpaired) electrons. The monoisotopic (exact) mass is 312 g/mol. The summed E-state index contributed by atoms with van der Waals surface area (Å²) in [7, 11) is 0. The molecular weight excluding hydrogens is 292 g/mol. The van der Waals surface area contributed by atoms with Crippen molar-refractivity contribution < 1.29 is 4.79 Å². The fourth-order valence-corrected chi connectivity index (χ4v) is 1.96. The second kappa shape index (κ2) is 7.54. The Kier molecular flexibility index (Phi) is 6.36. The summed E-state index contributed by atoms with van der Waals surface area (Å²) in [6, 6.07) is 6.32. The van der Waals surface area contributed by atoms with Gasteiger partial charge in [-0.1, -0.05) is 26.0 Å². The summed E-state index contributed by atoms with van der Waals surface area (Å²) < 4.78 is 0.957. The molecule has 0 aliphatic rings. The molecule has 100 valence electrons. The van der Waals surface area contributed by atoms with Crippen LogP contribution in [0.25, 0.3) is 0 Å². The van der Waals surface area contributed by atoms with E-state index >= 15 is 0 Å². The molecule has 0 aliphatic carbocycles. The minimum absolute atomic E-state index is 0.0619. The maximum atomic E-state index is 11.8. The Morgan fingerprint density at radius 2 is 2.11 bits per heavy atom. The molecule has 0 saturated carbocycles. The summed E-state index contributed by atoms with van der Waals surface area (Å²) in [6.45, 7) is 7.08. The van der Waals surface area contributed by atoms with Gasteiger partial charge in [-0.3, -0.25) is 4.79 Å². The molecule has 1 aromatic carbocycles. The van der Waals surface area contributed by atoms with Crippen molar-refractivity contribution in [1.82, 2.24) is 5.32 Å². The second-order valence-corrected chi connectivity index (χ2v) is 5.49. The van der Waals surface area contributed by atoms with Gasteiger partial charge < -0.3 is 10.6 Å². The Balaban J connectivity index is 2.38. The third-order valence-electron chi connectivity index (χ3n) is 2.60. The average molecular weight is 313 g/mol. The van der Waals surface area contributed by atoms with Crippen LogP contribution in [0.15, 0.2) is 22.7 Å². The number of anilines is 1. The number of aryl methyl sites for hydroxylation is 1. The molecule has 1 amide bonds. The minimum atomic E-state index is 0.0619. The summed E-state index contributed by atoms with van der Waals surface area (Å²) in [5.41, 5.74) is 1.96. The van der Waals surface area contributed by atoms with Gasteiger partial charge in [0, 0.05) is 16.9 Å². The molecule has 1 rings (SSSR count). The first-order valence-electron chi connectivity index (χ1n) is 6.29. The van der Waals surface area contributed by atoms with E-state index in [2.05, 4.69) is 40.4 Å². The van der Waals surface area contributed by atoms with Crippen LogP contribution < -0.4 is 10.6 Å². The highest BCUT2D eigenvalue weighted by Gasteiger charge is 2.06. The van der Waals surface area contributed by atoms with Gasteiger partial charge >= 0.3 is 0 Å². The maximum Gasteiger partial charge on any atom is 0.224 e. The number of hydrogen-bond donors (Lipinski definition) is 2. The van der Waals surface area contributed by atoms with Gasteiger partial charge in [-0.2, -0.15) is 0 Å². The van der Waals surface area contributed by atoms with Crippen LogP contribution in [0.3, 0.4) is 0 Å². The number of rotatable bonds is 6. The quantitative estimate of drug-likeness (QED) is 0.790. The van der Waals surface area contributed by atoms with Crippen molar-refractivity contribution in [2.45, 2.75) is 39.7 Å². The van der Waals surface area contributed by atoms with E-state index < -0.39 is 0 Å². The molecule has 18 heavy (non-hydrogen) atoms. The summed E-state index contributed by atoms with van der Waals surface area (Å²) in [5.74, 6) is 0.0619. The predicted octanol–water partition coefficient (Wildman–Crippen LogP) is 3.47. The van der Waals surface area contributed by atoms with Crippen LogP contribution in [-0.2, 0) is 4.79 Å². The number of benzene rings is 1. The van der Waals surface area contributed by atoms with Crippen LogP contribution in [0.4, 0.5) is 5.69 Å². The highest BCUT2D eigenvalue weighted by Crippen LogP contribution is 2.25. The fraction of sp³-hybridized carbons (Fsp3) is 0.500. The zero-order valence-corrected chi connectivity index (χ0v) is 12.8. The zero-order chi connectivity index (χ0) is 13.5. The SMILES string of the molecule is Cc1cccc(NC(=O)CCCNC(C)C)c1Br. The van der Waals surface area contributed by atoms with Gasteiger partial charge in [0.2, 0.25) is 5.91 Å². The molecular formula is C14H21BrN2O. The van der Waals surface area contributed by atoms with E-state index in [9.17, 15) is 4.79 Å². The van der Waals surface area contributed by atoms with Gasteiger partial charge in [0.25, 0.3) is 0 Å². The van der Waals surface area contributed by atoms with Crippen LogP contribution in [0.1, 0.15) is 32.3 Å². The maximum absolute atomic E-state index is 11.8. The topological polar surface area (TPSA) is 41.1 Å². The first-order valence-corrected chi connectivity index (χ1v) is 7.08. The zero-order valence-electron chi connectivity index (χ0n) is 11.2. The smallest absolute Gasteiger partial charge is 0.224 e. The molecule has 0 aliphatic heterocycles. The van der Waals surface area contributed by atoms with Gasteiger partial charge in [0.1, 0.15) is 0 Å². The largest absolute Gasteiger partial charge is 0.325 e. The normalized spacial score (nSPS) is 10.7. The van der Waals surface area contributed by atoms with Crippen molar-refractivity contribution in [2.75, 3.05) is 11.9 Å². The Labute approximate surface area is 117 Å². The molecule has 1 aromatic rings. The first-order chi connectivity index (χ1) is 8.50. The third kappa shape index (κ3) is 5.19. The lowest BCUT2D eigenvalue weighted by Crippen LogP contribution is -2.24. The Morgan fingerprint density at radius 3 is 2.78 bits per heavy atom. The van der Waals surface area contributed by atoms with Crippen molar-refractivity contribution in [2.24, 2.45) is 0 Å². The summed E-state index contributed by atoms with van der Waals surface area (Å²) in [5, 5.41) is 6.22. The summed E-state index contributed by atoms with van der Waals surface area (Å²) in [6.07, 6.45) is 1.40. The van der Waals surface area contributed by atoms with Gasteiger partial charge in [0.15, 0.2) is 0 Å². The van der Waals surface area contributed by atoms with E-state index in [0.29, 0.717) is 12.5 Å². The number of halogens is 1. The van der Waals surface area contributed by atoms with E-state index in [0.717, 1.165) is 28.7 Å². The number of amides is 1. The molecule has 0 aromatic heterocycles. The second-order valence-electron chi connectivity index (χ2n) is 4.70. The van der Waals surface area contributed by atoms with Crippen molar-refractivity contribution in [3.63, 3.8) is 0 Å². The average Bonchev–Trinajstić information content (AvgIpc) is 2.30. The Morgan fingerprint density at radius 1 is 1.39 bits per heavy atom. The molecule has 4 heteroatoms. The van der Waals surface area contributed by atoms with E-state index in [1.54, 1.807) is 0 Å². The molecule has 0 atom stereocenters. The van der Waals surface area contributed by atoms with Crippen molar-refractivity contribution >= 4 is 27.5 Å². The van der Waals surface area contributed by atoms with Crippen molar-refractivity contribution in [3.05, 3.63) is 28.2 Å². The lowest BCUT2D eigenvalue weighted by Gasteiger charge is -2.10. The van der Waals surface area contributed by atoms with E-state index in [1.165, 1.54) is 0 Å². The highest BCUT2D eigenvalue weighted by atomic mass is 79.9. The first kappa shape index (κ1) is 15.2. The minimum Gasteiger partial charge on any atom is -0.325 e.